The average molecular weight is 610 g/mol. The average Bonchev–Trinajstić information content (AvgIpc) is 3.42. The molecule has 0 aliphatic carbocycles. The van der Waals surface area contributed by atoms with Crippen molar-refractivity contribution in [3.05, 3.63) is 61.9 Å². The van der Waals surface area contributed by atoms with E-state index in [4.69, 9.17) is 19.6 Å². The predicted octanol–water partition coefficient (Wildman–Crippen LogP) is 4.30. The van der Waals surface area contributed by atoms with Crippen molar-refractivity contribution in [2.75, 3.05) is 32.9 Å². The first-order chi connectivity index (χ1) is 18.4. The molecule has 1 aromatic carbocycles. The van der Waals surface area contributed by atoms with E-state index in [-0.39, 0.29) is 19.1 Å². The van der Waals surface area contributed by atoms with Crippen LogP contribution in [0.15, 0.2) is 50.5 Å². The Kier molecular flexibility index (Phi) is 10.0. The minimum absolute atomic E-state index is 0.0634. The monoisotopic (exact) mass is 608 g/mol. The van der Waals surface area contributed by atoms with Gasteiger partial charge in [-0.05, 0) is 37.5 Å². The SMILES string of the molecule is CCOC(=O)C1=C(CN2CCOC[C@H]2CCCCC(=O)O)NC(c2nccs2)=N[C@H]1c1ccc(F)cc1Br. The Morgan fingerprint density at radius 3 is 2.92 bits per heavy atom. The maximum atomic E-state index is 14.0. The van der Waals surface area contributed by atoms with Crippen molar-refractivity contribution in [2.24, 2.45) is 4.99 Å². The second kappa shape index (κ2) is 13.4. The molecule has 0 amide bonds. The number of aliphatic imine (C=N–C) groups is 1. The van der Waals surface area contributed by atoms with Crippen molar-refractivity contribution >= 4 is 45.0 Å². The van der Waals surface area contributed by atoms with Gasteiger partial charge in [-0.25, -0.2) is 14.2 Å². The lowest BCUT2D eigenvalue weighted by molar-refractivity contribution is -0.139. The van der Waals surface area contributed by atoms with Crippen molar-refractivity contribution in [1.82, 2.24) is 15.2 Å². The van der Waals surface area contributed by atoms with Gasteiger partial charge in [0.05, 0.1) is 25.4 Å². The molecule has 38 heavy (non-hydrogen) atoms. The lowest BCUT2D eigenvalue weighted by atomic mass is 9.95. The Morgan fingerprint density at radius 2 is 2.21 bits per heavy atom. The van der Waals surface area contributed by atoms with Gasteiger partial charge in [-0.3, -0.25) is 14.7 Å². The quantitative estimate of drug-likeness (QED) is 0.287. The topological polar surface area (TPSA) is 113 Å². The fraction of sp³-hybridized carbons (Fsp3) is 0.462. The number of unbranched alkanes of at least 4 members (excludes halogenated alkanes) is 1. The third-order valence-corrected chi connectivity index (χ3v) is 7.87. The minimum atomic E-state index is -0.801. The number of nitrogens with zero attached hydrogens (tertiary/aromatic N) is 3. The molecule has 2 atom stereocenters. The van der Waals surface area contributed by atoms with Crippen LogP contribution >= 0.6 is 27.3 Å². The van der Waals surface area contributed by atoms with Gasteiger partial charge in [-0.2, -0.15) is 0 Å². The number of morpholine rings is 1. The molecule has 2 aromatic rings. The molecule has 0 unspecified atom stereocenters. The summed E-state index contributed by atoms with van der Waals surface area (Å²) < 4.78 is 25.6. The Hall–Kier alpha value is -2.67. The van der Waals surface area contributed by atoms with E-state index in [0.29, 0.717) is 64.9 Å². The van der Waals surface area contributed by atoms with Crippen molar-refractivity contribution in [2.45, 2.75) is 44.7 Å². The molecule has 9 nitrogen and oxygen atoms in total. The highest BCUT2D eigenvalue weighted by Crippen LogP contribution is 2.37. The fourth-order valence-electron chi connectivity index (χ4n) is 4.59. The molecule has 4 rings (SSSR count). The molecular weight excluding hydrogens is 579 g/mol. The number of hydrogen-bond donors (Lipinski definition) is 2. The summed E-state index contributed by atoms with van der Waals surface area (Å²) in [6.07, 6.45) is 3.94. The summed E-state index contributed by atoms with van der Waals surface area (Å²) in [6, 6.07) is 3.64. The molecule has 0 bridgehead atoms. The molecule has 1 aromatic heterocycles. The van der Waals surface area contributed by atoms with Crippen LogP contribution in [-0.2, 0) is 19.1 Å². The van der Waals surface area contributed by atoms with Gasteiger partial charge in [-0.15, -0.1) is 11.3 Å². The van der Waals surface area contributed by atoms with E-state index in [1.807, 2.05) is 5.38 Å². The summed E-state index contributed by atoms with van der Waals surface area (Å²) in [5.74, 6) is -1.18. The largest absolute Gasteiger partial charge is 0.481 e. The third kappa shape index (κ3) is 7.04. The number of carbonyl (C=O) groups is 2. The zero-order valence-corrected chi connectivity index (χ0v) is 23.4. The van der Waals surface area contributed by atoms with E-state index >= 15 is 0 Å². The van der Waals surface area contributed by atoms with E-state index in [1.54, 1.807) is 19.2 Å². The van der Waals surface area contributed by atoms with Crippen LogP contribution in [0, 0.1) is 5.82 Å². The van der Waals surface area contributed by atoms with Gasteiger partial charge in [0, 0.05) is 47.3 Å². The van der Waals surface area contributed by atoms with Gasteiger partial charge in [0.15, 0.2) is 10.8 Å². The first-order valence-electron chi connectivity index (χ1n) is 12.5. The third-order valence-electron chi connectivity index (χ3n) is 6.40. The van der Waals surface area contributed by atoms with Crippen LogP contribution in [0.1, 0.15) is 49.2 Å². The number of carboxylic acid groups (broad SMARTS) is 1. The number of ether oxygens (including phenoxy) is 2. The molecule has 2 N–H and O–H groups in total. The van der Waals surface area contributed by atoms with E-state index in [9.17, 15) is 14.0 Å². The van der Waals surface area contributed by atoms with Crippen LogP contribution in [0.4, 0.5) is 4.39 Å². The molecular formula is C26H30BrFN4O5S. The second-order valence-corrected chi connectivity index (χ2v) is 10.7. The van der Waals surface area contributed by atoms with Crippen LogP contribution < -0.4 is 5.32 Å². The van der Waals surface area contributed by atoms with Gasteiger partial charge in [0.1, 0.15) is 11.9 Å². The summed E-state index contributed by atoms with van der Waals surface area (Å²) >= 11 is 4.88. The van der Waals surface area contributed by atoms with Gasteiger partial charge in [0.2, 0.25) is 0 Å². The van der Waals surface area contributed by atoms with Crippen molar-refractivity contribution in [3.63, 3.8) is 0 Å². The number of aliphatic carboxylic acids is 1. The number of thiazole rings is 1. The summed E-state index contributed by atoms with van der Waals surface area (Å²) in [5, 5.41) is 14.8. The standard InChI is InChI=1S/C26H30BrFN4O5S/c1-2-37-26(35)22-20(14-32-10-11-36-15-17(32)5-3-4-6-21(33)34)30-24(25-29-9-12-38-25)31-23(22)18-8-7-16(28)13-19(18)27/h7-9,12-13,17,23H,2-6,10-11,14-15H2,1H3,(H,30,31)(H,33,34)/t17-,23+/m1/s1. The summed E-state index contributed by atoms with van der Waals surface area (Å²) in [7, 11) is 0. The first kappa shape index (κ1) is 28.3. The van der Waals surface area contributed by atoms with Gasteiger partial charge in [-0.1, -0.05) is 28.4 Å². The van der Waals surface area contributed by atoms with Crippen LogP contribution in [-0.4, -0.2) is 71.7 Å². The van der Waals surface area contributed by atoms with Gasteiger partial charge >= 0.3 is 11.9 Å². The van der Waals surface area contributed by atoms with Crippen LogP contribution in [0.3, 0.4) is 0 Å². The van der Waals surface area contributed by atoms with Crippen LogP contribution in [0.25, 0.3) is 0 Å². The zero-order valence-electron chi connectivity index (χ0n) is 21.0. The molecule has 12 heteroatoms. The van der Waals surface area contributed by atoms with E-state index < -0.39 is 23.8 Å². The number of aromatic nitrogens is 1. The Bertz CT molecular complexity index is 1210. The first-order valence-corrected chi connectivity index (χ1v) is 14.2. The summed E-state index contributed by atoms with van der Waals surface area (Å²) in [4.78, 5) is 35.8. The van der Waals surface area contributed by atoms with Crippen molar-refractivity contribution in [1.29, 1.82) is 0 Å². The summed E-state index contributed by atoms with van der Waals surface area (Å²) in [5.41, 5.74) is 1.63. The smallest absolute Gasteiger partial charge is 0.338 e. The van der Waals surface area contributed by atoms with Gasteiger partial charge in [0.25, 0.3) is 0 Å². The normalized spacial score (nSPS) is 20.1. The highest BCUT2D eigenvalue weighted by Gasteiger charge is 2.35. The molecule has 204 valence electrons. The van der Waals surface area contributed by atoms with Crippen molar-refractivity contribution in [3.8, 4) is 0 Å². The molecule has 1 fully saturated rings. The second-order valence-electron chi connectivity index (χ2n) is 8.96. The number of benzene rings is 1. The van der Waals surface area contributed by atoms with Crippen molar-refractivity contribution < 1.29 is 28.6 Å². The predicted molar refractivity (Wildman–Crippen MR) is 145 cm³/mol. The zero-order chi connectivity index (χ0) is 27.1. The van der Waals surface area contributed by atoms with E-state index in [0.717, 1.165) is 12.8 Å². The molecule has 0 radical (unpaired) electrons. The number of carboxylic acids is 1. The molecule has 2 aliphatic heterocycles. The number of nitrogens with one attached hydrogen (secondary N) is 1. The number of rotatable bonds is 11. The maximum Gasteiger partial charge on any atom is 0.338 e. The van der Waals surface area contributed by atoms with E-state index in [2.05, 4.69) is 31.1 Å². The number of esters is 1. The van der Waals surface area contributed by atoms with E-state index in [1.165, 1.54) is 23.5 Å². The number of amidine groups is 1. The summed E-state index contributed by atoms with van der Waals surface area (Å²) in [6.45, 7) is 4.07. The van der Waals surface area contributed by atoms with Crippen LogP contribution in [0.5, 0.6) is 0 Å². The molecule has 0 spiro atoms. The Morgan fingerprint density at radius 1 is 1.37 bits per heavy atom. The fourth-order valence-corrected chi connectivity index (χ4v) is 5.74. The molecule has 2 aliphatic rings. The number of hydrogen-bond acceptors (Lipinski definition) is 9. The number of halogens is 2. The highest BCUT2D eigenvalue weighted by molar-refractivity contribution is 9.10. The van der Waals surface area contributed by atoms with Crippen LogP contribution in [0.2, 0.25) is 0 Å². The lowest BCUT2D eigenvalue weighted by Gasteiger charge is -2.38. The Balaban J connectivity index is 1.70. The highest BCUT2D eigenvalue weighted by atomic mass is 79.9. The molecule has 3 heterocycles. The lowest BCUT2D eigenvalue weighted by Crippen LogP contribution is -2.49. The minimum Gasteiger partial charge on any atom is -0.481 e. The molecule has 0 saturated carbocycles. The van der Waals surface area contributed by atoms with Gasteiger partial charge < -0.3 is 19.9 Å². The maximum absolute atomic E-state index is 14.0. The number of carbonyl (C=O) groups excluding carboxylic acids is 1. The molecule has 1 saturated heterocycles. The Labute approximate surface area is 232 Å².